The Balaban J connectivity index is 2.15. The molecule has 1 fully saturated rings. The lowest BCUT2D eigenvalue weighted by Crippen LogP contribution is -2.33. The van der Waals surface area contributed by atoms with Gasteiger partial charge in [0.25, 0.3) is 0 Å². The summed E-state index contributed by atoms with van der Waals surface area (Å²) in [5.74, 6) is 0.558. The van der Waals surface area contributed by atoms with Crippen molar-refractivity contribution in [2.45, 2.75) is 25.8 Å². The third-order valence-electron chi connectivity index (χ3n) is 3.30. The van der Waals surface area contributed by atoms with Crippen LogP contribution in [0.15, 0.2) is 24.3 Å². The van der Waals surface area contributed by atoms with Gasteiger partial charge in [-0.1, -0.05) is 30.7 Å². The second-order valence-electron chi connectivity index (χ2n) is 4.57. The van der Waals surface area contributed by atoms with Crippen molar-refractivity contribution < 1.29 is 4.74 Å². The number of hydrogen-bond acceptors (Lipinski definition) is 2. The average molecular weight is 254 g/mol. The van der Waals surface area contributed by atoms with Crippen molar-refractivity contribution in [2.75, 3.05) is 19.8 Å². The quantitative estimate of drug-likeness (QED) is 0.888. The van der Waals surface area contributed by atoms with Gasteiger partial charge in [0.05, 0.1) is 6.61 Å². The van der Waals surface area contributed by atoms with Crippen LogP contribution in [-0.4, -0.2) is 19.8 Å². The van der Waals surface area contributed by atoms with E-state index in [0.29, 0.717) is 12.0 Å². The van der Waals surface area contributed by atoms with Gasteiger partial charge in [0, 0.05) is 23.6 Å². The van der Waals surface area contributed by atoms with Gasteiger partial charge in [-0.3, -0.25) is 0 Å². The Kier molecular flexibility index (Phi) is 4.84. The zero-order valence-corrected chi connectivity index (χ0v) is 11.0. The highest BCUT2D eigenvalue weighted by Crippen LogP contribution is 2.29. The van der Waals surface area contributed by atoms with Crippen molar-refractivity contribution in [3.63, 3.8) is 0 Å². The van der Waals surface area contributed by atoms with Crippen LogP contribution in [-0.2, 0) is 4.74 Å². The van der Waals surface area contributed by atoms with Crippen molar-refractivity contribution in [3.05, 3.63) is 34.9 Å². The van der Waals surface area contributed by atoms with Crippen LogP contribution in [0.3, 0.4) is 0 Å². The van der Waals surface area contributed by atoms with Crippen LogP contribution in [0.25, 0.3) is 0 Å². The van der Waals surface area contributed by atoms with E-state index in [2.05, 4.69) is 24.4 Å². The first-order chi connectivity index (χ1) is 8.31. The molecule has 0 bridgehead atoms. The molecule has 0 saturated carbocycles. The van der Waals surface area contributed by atoms with Crippen molar-refractivity contribution in [1.82, 2.24) is 5.32 Å². The number of ether oxygens (including phenoxy) is 1. The lowest BCUT2D eigenvalue weighted by Gasteiger charge is -2.31. The monoisotopic (exact) mass is 253 g/mol. The number of hydrogen-bond donors (Lipinski definition) is 1. The molecule has 1 aliphatic heterocycles. The largest absolute Gasteiger partial charge is 0.381 e. The van der Waals surface area contributed by atoms with Crippen LogP contribution in [0.1, 0.15) is 31.4 Å². The highest BCUT2D eigenvalue weighted by molar-refractivity contribution is 6.30. The fourth-order valence-electron chi connectivity index (χ4n) is 2.51. The normalized spacial score (nSPS) is 22.4. The summed E-state index contributed by atoms with van der Waals surface area (Å²) in [6.45, 7) is 4.87. The summed E-state index contributed by atoms with van der Waals surface area (Å²) in [6.07, 6.45) is 2.39. The maximum atomic E-state index is 6.07. The first-order valence-electron chi connectivity index (χ1n) is 6.38. The van der Waals surface area contributed by atoms with Crippen molar-refractivity contribution in [3.8, 4) is 0 Å². The summed E-state index contributed by atoms with van der Waals surface area (Å²) in [7, 11) is 0. The molecule has 2 nitrogen and oxygen atoms in total. The van der Waals surface area contributed by atoms with E-state index >= 15 is 0 Å². The molecule has 3 heteroatoms. The van der Waals surface area contributed by atoms with E-state index in [1.54, 1.807) is 0 Å². The van der Waals surface area contributed by atoms with E-state index in [-0.39, 0.29) is 0 Å². The van der Waals surface area contributed by atoms with E-state index < -0.39 is 0 Å². The van der Waals surface area contributed by atoms with Gasteiger partial charge in [0.1, 0.15) is 0 Å². The fourth-order valence-corrected chi connectivity index (χ4v) is 2.70. The summed E-state index contributed by atoms with van der Waals surface area (Å²) in [6, 6.07) is 8.51. The molecule has 2 rings (SSSR count). The highest BCUT2D eigenvalue weighted by Gasteiger charge is 2.24. The number of nitrogens with one attached hydrogen (secondary N) is 1. The molecule has 0 aromatic heterocycles. The third-order valence-corrected chi connectivity index (χ3v) is 3.53. The second-order valence-corrected chi connectivity index (χ2v) is 5.00. The molecular formula is C14H20ClNO. The Morgan fingerprint density at radius 2 is 2.41 bits per heavy atom. The molecule has 1 aliphatic rings. The molecular weight excluding hydrogens is 234 g/mol. The van der Waals surface area contributed by atoms with Gasteiger partial charge in [-0.15, -0.1) is 0 Å². The maximum Gasteiger partial charge on any atom is 0.0512 e. The Morgan fingerprint density at radius 1 is 1.53 bits per heavy atom. The molecule has 2 atom stereocenters. The van der Waals surface area contributed by atoms with Crippen LogP contribution < -0.4 is 5.32 Å². The zero-order chi connectivity index (χ0) is 12.1. The van der Waals surface area contributed by atoms with Gasteiger partial charge < -0.3 is 10.1 Å². The first kappa shape index (κ1) is 12.9. The molecule has 0 spiro atoms. The first-order valence-corrected chi connectivity index (χ1v) is 6.75. The molecule has 0 radical (unpaired) electrons. The molecule has 1 heterocycles. The van der Waals surface area contributed by atoms with Gasteiger partial charge in [0.15, 0.2) is 0 Å². The van der Waals surface area contributed by atoms with E-state index in [1.807, 2.05) is 12.1 Å². The van der Waals surface area contributed by atoms with E-state index in [9.17, 15) is 0 Å². The predicted molar refractivity (Wildman–Crippen MR) is 71.4 cm³/mol. The Bertz CT molecular complexity index is 350. The number of benzene rings is 1. The van der Waals surface area contributed by atoms with Crippen molar-refractivity contribution in [2.24, 2.45) is 5.92 Å². The van der Waals surface area contributed by atoms with Crippen molar-refractivity contribution in [1.29, 1.82) is 0 Å². The molecule has 0 amide bonds. The third kappa shape index (κ3) is 3.44. The van der Waals surface area contributed by atoms with Gasteiger partial charge in [-0.25, -0.2) is 0 Å². The van der Waals surface area contributed by atoms with E-state index in [4.69, 9.17) is 16.3 Å². The zero-order valence-electron chi connectivity index (χ0n) is 10.3. The minimum Gasteiger partial charge on any atom is -0.381 e. The summed E-state index contributed by atoms with van der Waals surface area (Å²) in [5.41, 5.74) is 1.27. The van der Waals surface area contributed by atoms with Crippen LogP contribution in [0.5, 0.6) is 0 Å². The van der Waals surface area contributed by atoms with Gasteiger partial charge in [-0.2, -0.15) is 0 Å². The van der Waals surface area contributed by atoms with Crippen LogP contribution in [0.2, 0.25) is 5.02 Å². The molecule has 1 saturated heterocycles. The van der Waals surface area contributed by atoms with Gasteiger partial charge in [-0.05, 0) is 37.1 Å². The second kappa shape index (κ2) is 6.39. The summed E-state index contributed by atoms with van der Waals surface area (Å²) >= 11 is 6.07. The Labute approximate surface area is 108 Å². The van der Waals surface area contributed by atoms with Crippen LogP contribution >= 0.6 is 11.6 Å². The smallest absolute Gasteiger partial charge is 0.0512 e. The highest BCUT2D eigenvalue weighted by atomic mass is 35.5. The van der Waals surface area contributed by atoms with E-state index in [1.165, 1.54) is 12.0 Å². The molecule has 0 aliphatic carbocycles. The molecule has 2 unspecified atom stereocenters. The lowest BCUT2D eigenvalue weighted by molar-refractivity contribution is 0.0393. The number of rotatable bonds is 4. The minimum atomic E-state index is 0.360. The lowest BCUT2D eigenvalue weighted by atomic mass is 9.88. The molecule has 94 valence electrons. The fraction of sp³-hybridized carbons (Fsp3) is 0.571. The molecule has 1 N–H and O–H groups in total. The van der Waals surface area contributed by atoms with Crippen LogP contribution in [0.4, 0.5) is 0 Å². The standard InChI is InChI=1S/C14H20ClNO/c1-2-16-14(12-6-4-8-17-10-12)11-5-3-7-13(15)9-11/h3,5,7,9,12,14,16H,2,4,6,8,10H2,1H3. The summed E-state index contributed by atoms with van der Waals surface area (Å²) in [5, 5.41) is 4.36. The van der Waals surface area contributed by atoms with Crippen molar-refractivity contribution >= 4 is 11.6 Å². The molecule has 17 heavy (non-hydrogen) atoms. The summed E-state index contributed by atoms with van der Waals surface area (Å²) < 4.78 is 5.59. The number of halogens is 1. The minimum absolute atomic E-state index is 0.360. The van der Waals surface area contributed by atoms with E-state index in [0.717, 1.165) is 31.2 Å². The predicted octanol–water partition coefficient (Wildman–Crippen LogP) is 3.42. The topological polar surface area (TPSA) is 21.3 Å². The molecule has 1 aromatic rings. The van der Waals surface area contributed by atoms with Crippen LogP contribution in [0, 0.1) is 5.92 Å². The summed E-state index contributed by atoms with van der Waals surface area (Å²) in [4.78, 5) is 0. The molecule has 1 aromatic carbocycles. The SMILES string of the molecule is CCNC(c1cccc(Cl)c1)C1CCCOC1. The van der Waals surface area contributed by atoms with Gasteiger partial charge >= 0.3 is 0 Å². The average Bonchev–Trinajstić information content (AvgIpc) is 2.37. The Hall–Kier alpha value is -0.570. The Morgan fingerprint density at radius 3 is 3.06 bits per heavy atom. The van der Waals surface area contributed by atoms with Gasteiger partial charge in [0.2, 0.25) is 0 Å². The maximum absolute atomic E-state index is 6.07.